The van der Waals surface area contributed by atoms with Crippen molar-refractivity contribution in [3.63, 3.8) is 0 Å². The highest BCUT2D eigenvalue weighted by Gasteiger charge is 2.55. The third-order valence-electron chi connectivity index (χ3n) is 12.4. The average molecular weight is 1000 g/mol. The minimum atomic E-state index is -1.07. The highest BCUT2D eigenvalue weighted by atomic mass is 32.2. The predicted molar refractivity (Wildman–Crippen MR) is 271 cm³/mol. The summed E-state index contributed by atoms with van der Waals surface area (Å²) in [5.41, 5.74) is 4.10. The van der Waals surface area contributed by atoms with E-state index in [0.717, 1.165) is 27.8 Å². The Morgan fingerprint density at radius 1 is 0.817 bits per heavy atom. The van der Waals surface area contributed by atoms with Gasteiger partial charge in [0.15, 0.2) is 16.9 Å². The Morgan fingerprint density at radius 3 is 1.93 bits per heavy atom. The fourth-order valence-electron chi connectivity index (χ4n) is 8.82. The van der Waals surface area contributed by atoms with Gasteiger partial charge >= 0.3 is 5.97 Å². The first-order valence-corrected chi connectivity index (χ1v) is 25.6. The van der Waals surface area contributed by atoms with Gasteiger partial charge in [0.05, 0.1) is 0 Å². The molecule has 3 aliphatic heterocycles. The van der Waals surface area contributed by atoms with Crippen molar-refractivity contribution in [2.75, 3.05) is 30.4 Å². The second-order valence-electron chi connectivity index (χ2n) is 16.9. The van der Waals surface area contributed by atoms with Gasteiger partial charge in [-0.2, -0.15) is 0 Å². The molecule has 16 nitrogen and oxygen atoms in total. The Balaban J connectivity index is 0.958. The lowest BCUT2D eigenvalue weighted by Gasteiger charge is -2.49. The number of aromatic nitrogens is 5. The van der Waals surface area contributed by atoms with E-state index in [2.05, 4.69) is 67.7 Å². The molecule has 3 amide bonds. The molecule has 0 saturated carbocycles. The van der Waals surface area contributed by atoms with Gasteiger partial charge in [-0.05, 0) is 43.8 Å². The van der Waals surface area contributed by atoms with Gasteiger partial charge in [0.1, 0.15) is 28.3 Å². The highest BCUT2D eigenvalue weighted by molar-refractivity contribution is 8.01. The van der Waals surface area contributed by atoms with Crippen LogP contribution in [0.5, 0.6) is 0 Å². The van der Waals surface area contributed by atoms with Crippen molar-refractivity contribution in [1.29, 1.82) is 0 Å². The molecule has 2 fully saturated rings. The second-order valence-corrected chi connectivity index (χ2v) is 19.8. The standard InChI is InChI=1S/C52H46N10O6S3/c1-60-29-28-40(46(60)64)68-57-41(39-32-70-50(53-39)55-52(36-22-12-5-13-23-36,37-24-14-6-15-25-37)38-26-16-7-17-27-38)45(63)54-42-47(65)62-43(35(30-69-48(42)62)31-71-51-56-58-59-61(51)2)49(66)67-44(33-18-8-3-9-19-33)34-20-10-4-11-21-34/h3-27,32,40,42,44,48H,28-31H2,1-2H3,(H,53,55)(H,54,63)/b57-41-/t40?,42-,48+/m1/s1. The lowest BCUT2D eigenvalue weighted by atomic mass is 9.77. The van der Waals surface area contributed by atoms with Gasteiger partial charge in [-0.25, -0.2) is 14.5 Å². The zero-order chi connectivity index (χ0) is 48.9. The first-order chi connectivity index (χ1) is 34.7. The molecule has 0 aliphatic carbocycles. The van der Waals surface area contributed by atoms with Crippen molar-refractivity contribution in [1.82, 2.24) is 40.3 Å². The van der Waals surface area contributed by atoms with Crippen LogP contribution >= 0.6 is 34.9 Å². The number of thioether (sulfide) groups is 2. The van der Waals surface area contributed by atoms with Crippen molar-refractivity contribution in [2.45, 2.75) is 40.7 Å². The largest absolute Gasteiger partial charge is 0.448 e. The third-order valence-corrected chi connectivity index (χ3v) is 15.6. The Hall–Kier alpha value is -7.61. The smallest absolute Gasteiger partial charge is 0.356 e. The number of hydrogen-bond acceptors (Lipinski definition) is 15. The maximum atomic E-state index is 14.7. The number of esters is 1. The van der Waals surface area contributed by atoms with Crippen molar-refractivity contribution in [3.05, 3.63) is 202 Å². The molecule has 2 aromatic heterocycles. The number of tetrazole rings is 1. The van der Waals surface area contributed by atoms with E-state index in [1.165, 1.54) is 49.3 Å². The van der Waals surface area contributed by atoms with E-state index in [-0.39, 0.29) is 28.8 Å². The maximum Gasteiger partial charge on any atom is 0.356 e. The molecule has 5 aromatic carbocycles. The molecule has 2 N–H and O–H groups in total. The van der Waals surface area contributed by atoms with Gasteiger partial charge in [0, 0.05) is 43.9 Å². The number of aryl methyl sites for hydroxylation is 1. The van der Waals surface area contributed by atoms with Crippen LogP contribution in [0.4, 0.5) is 5.13 Å². The molecule has 71 heavy (non-hydrogen) atoms. The number of likely N-dealkylation sites (tertiary alicyclic amines) is 1. The minimum Gasteiger partial charge on any atom is -0.448 e. The number of anilines is 1. The molecule has 1 unspecified atom stereocenters. The monoisotopic (exact) mass is 1000 g/mol. The third kappa shape index (κ3) is 9.55. The maximum absolute atomic E-state index is 14.7. The first kappa shape index (κ1) is 47.1. The molecule has 5 heterocycles. The van der Waals surface area contributed by atoms with E-state index in [0.29, 0.717) is 34.6 Å². The number of amides is 3. The average Bonchev–Trinajstić information content (AvgIpc) is 4.15. The van der Waals surface area contributed by atoms with Crippen LogP contribution in [0, 0.1) is 0 Å². The van der Waals surface area contributed by atoms with Crippen LogP contribution < -0.4 is 10.6 Å². The number of oxime groups is 1. The van der Waals surface area contributed by atoms with E-state index in [1.807, 2.05) is 115 Å². The van der Waals surface area contributed by atoms with Gasteiger partial charge in [0.2, 0.25) is 11.3 Å². The van der Waals surface area contributed by atoms with Crippen LogP contribution in [0.2, 0.25) is 0 Å². The summed E-state index contributed by atoms with van der Waals surface area (Å²) < 4.78 is 7.89. The zero-order valence-electron chi connectivity index (χ0n) is 38.4. The zero-order valence-corrected chi connectivity index (χ0v) is 40.9. The molecule has 3 aliphatic rings. The molecule has 0 radical (unpaired) electrons. The number of benzene rings is 5. The van der Waals surface area contributed by atoms with Gasteiger partial charge in [0.25, 0.3) is 17.7 Å². The molecule has 3 atom stereocenters. The van der Waals surface area contributed by atoms with Gasteiger partial charge < -0.3 is 25.1 Å². The number of carbonyl (C=O) groups is 4. The number of carbonyl (C=O) groups excluding carboxylic acids is 4. The summed E-state index contributed by atoms with van der Waals surface area (Å²) >= 11 is 3.99. The number of nitrogens with zero attached hydrogens (tertiary/aromatic N) is 8. The Labute approximate surface area is 421 Å². The number of fused-ring (bicyclic) bond motifs is 1. The molecule has 2 saturated heterocycles. The van der Waals surface area contributed by atoms with Crippen LogP contribution in [0.1, 0.15) is 46.0 Å². The van der Waals surface area contributed by atoms with E-state index in [1.54, 1.807) is 19.5 Å². The molecule has 0 spiro atoms. The number of hydrogen-bond donors (Lipinski definition) is 2. The first-order valence-electron chi connectivity index (χ1n) is 22.7. The summed E-state index contributed by atoms with van der Waals surface area (Å²) in [6.45, 7) is 0.461. The van der Waals surface area contributed by atoms with Crippen molar-refractivity contribution in [3.8, 4) is 0 Å². The quantitative estimate of drug-likeness (QED) is 0.0243. The molecule has 358 valence electrons. The van der Waals surface area contributed by atoms with Gasteiger partial charge in [-0.15, -0.1) is 28.2 Å². The lowest BCUT2D eigenvalue weighted by molar-refractivity contribution is -0.154. The predicted octanol–water partition coefficient (Wildman–Crippen LogP) is 6.80. The molecule has 0 bridgehead atoms. The molecular formula is C52H46N10O6S3. The van der Waals surface area contributed by atoms with E-state index < -0.39 is 46.9 Å². The Morgan fingerprint density at radius 2 is 1.39 bits per heavy atom. The SMILES string of the molecule is CN1CCC(O/N=C(\C(=O)N[C@@H]2C(=O)N3C(C(=O)OC(c4ccccc4)c4ccccc4)=C(CSc4nnnn4C)CS[C@@H]23)c2csc(NC(c3ccccc3)(c3ccccc3)c3ccccc3)n2)C1=O. The van der Waals surface area contributed by atoms with E-state index >= 15 is 0 Å². The Kier molecular flexibility index (Phi) is 13.8. The highest BCUT2D eigenvalue weighted by Crippen LogP contribution is 2.44. The van der Waals surface area contributed by atoms with Crippen LogP contribution in [-0.2, 0) is 41.3 Å². The van der Waals surface area contributed by atoms with Crippen molar-refractivity contribution < 1.29 is 28.8 Å². The number of ether oxygens (including phenoxy) is 1. The number of nitrogens with one attached hydrogen (secondary N) is 2. The van der Waals surface area contributed by atoms with Crippen molar-refractivity contribution in [2.24, 2.45) is 12.2 Å². The van der Waals surface area contributed by atoms with Crippen LogP contribution in [0.15, 0.2) is 179 Å². The fraction of sp³-hybridized carbons (Fsp3) is 0.212. The number of likely N-dealkylation sites (N-methyl/N-ethyl adjacent to an activating group) is 1. The lowest BCUT2D eigenvalue weighted by Crippen LogP contribution is -2.71. The summed E-state index contributed by atoms with van der Waals surface area (Å²) in [5, 5.41) is 24.7. The molecule has 7 aromatic rings. The summed E-state index contributed by atoms with van der Waals surface area (Å²) in [5.74, 6) is -1.62. The van der Waals surface area contributed by atoms with E-state index in [9.17, 15) is 19.2 Å². The number of thiazole rings is 1. The van der Waals surface area contributed by atoms with Crippen LogP contribution in [0.3, 0.4) is 0 Å². The van der Waals surface area contributed by atoms with Crippen LogP contribution in [0.25, 0.3) is 0 Å². The number of β-lactam (4-membered cyclic amide) rings is 1. The molecule has 10 rings (SSSR count). The van der Waals surface area contributed by atoms with Gasteiger partial charge in [-0.1, -0.05) is 169 Å². The van der Waals surface area contributed by atoms with Crippen molar-refractivity contribution >= 4 is 69.4 Å². The van der Waals surface area contributed by atoms with E-state index in [4.69, 9.17) is 14.6 Å². The summed E-state index contributed by atoms with van der Waals surface area (Å²) in [4.78, 5) is 70.6. The fourth-order valence-corrected chi connectivity index (χ4v) is 11.9. The minimum absolute atomic E-state index is 0.0961. The normalized spacial score (nSPS) is 18.0. The molecule has 19 heteroatoms. The summed E-state index contributed by atoms with van der Waals surface area (Å²) in [7, 11) is 3.39. The number of rotatable bonds is 17. The molecular weight excluding hydrogens is 957 g/mol. The van der Waals surface area contributed by atoms with Gasteiger partial charge in [-0.3, -0.25) is 19.3 Å². The van der Waals surface area contributed by atoms with Crippen LogP contribution in [-0.4, -0.2) is 107 Å². The topological polar surface area (TPSA) is 186 Å². The summed E-state index contributed by atoms with van der Waals surface area (Å²) in [6, 6.07) is 47.8. The summed E-state index contributed by atoms with van der Waals surface area (Å²) in [6.07, 6.45) is -1.33. The second kappa shape index (κ2) is 20.8. The Bertz CT molecular complexity index is 2970.